The lowest BCUT2D eigenvalue weighted by molar-refractivity contribution is 0.101. The maximum absolute atomic E-state index is 13.1. The normalized spacial score (nSPS) is 17.1. The summed E-state index contributed by atoms with van der Waals surface area (Å²) in [6.45, 7) is 1.24. The number of hydrogen-bond acceptors (Lipinski definition) is 5. The molecule has 1 amide bonds. The van der Waals surface area contributed by atoms with Gasteiger partial charge in [0.25, 0.3) is 0 Å². The number of carboxylic acid groups (broad SMARTS) is 1. The van der Waals surface area contributed by atoms with E-state index in [4.69, 9.17) is 14.6 Å². The minimum absolute atomic E-state index is 0.152. The summed E-state index contributed by atoms with van der Waals surface area (Å²) in [6, 6.07) is 11.4. The van der Waals surface area contributed by atoms with Gasteiger partial charge in [-0.1, -0.05) is 31.0 Å². The van der Waals surface area contributed by atoms with Crippen LogP contribution >= 0.6 is 0 Å². The molecule has 0 spiro atoms. The zero-order valence-electron chi connectivity index (χ0n) is 19.8. The first-order chi connectivity index (χ1) is 17.0. The van der Waals surface area contributed by atoms with E-state index >= 15 is 0 Å². The fourth-order valence-electron chi connectivity index (χ4n) is 5.08. The lowest BCUT2D eigenvalue weighted by atomic mass is 9.90. The molecule has 2 aliphatic rings. The number of likely N-dealkylation sites (tertiary alicyclic amines) is 1. The molecule has 8 heteroatoms. The van der Waals surface area contributed by atoms with Crippen LogP contribution in [-0.2, 0) is 6.42 Å². The summed E-state index contributed by atoms with van der Waals surface area (Å²) in [5, 5.41) is 17.4. The van der Waals surface area contributed by atoms with Crippen LogP contribution in [0.3, 0.4) is 0 Å². The van der Waals surface area contributed by atoms with Crippen LogP contribution in [0.4, 0.5) is 4.79 Å². The lowest BCUT2D eigenvalue weighted by Crippen LogP contribution is -2.37. The van der Waals surface area contributed by atoms with Gasteiger partial charge in [-0.25, -0.2) is 4.79 Å². The third kappa shape index (κ3) is 4.60. The van der Waals surface area contributed by atoms with Gasteiger partial charge in [0, 0.05) is 30.1 Å². The van der Waals surface area contributed by atoms with E-state index in [1.54, 1.807) is 19.3 Å². The Balaban J connectivity index is 1.27. The van der Waals surface area contributed by atoms with Crippen LogP contribution in [-0.4, -0.2) is 52.3 Å². The second-order valence-corrected chi connectivity index (χ2v) is 9.18. The van der Waals surface area contributed by atoms with Gasteiger partial charge in [0.1, 0.15) is 11.5 Å². The molecular weight excluding hydrogens is 446 g/mol. The van der Waals surface area contributed by atoms with E-state index in [0.29, 0.717) is 36.0 Å². The summed E-state index contributed by atoms with van der Waals surface area (Å²) >= 11 is 0. The predicted molar refractivity (Wildman–Crippen MR) is 132 cm³/mol. The summed E-state index contributed by atoms with van der Waals surface area (Å²) in [5.41, 5.74) is 3.03. The molecule has 1 saturated heterocycles. The number of fused-ring (bicyclic) bond motifs is 2. The number of nitrogens with zero attached hydrogens (tertiary/aromatic N) is 2. The second-order valence-electron chi connectivity index (χ2n) is 9.18. The summed E-state index contributed by atoms with van der Waals surface area (Å²) in [7, 11) is 1.63. The molecule has 2 N–H and O–H groups in total. The Bertz CT molecular complexity index is 1290. The smallest absolute Gasteiger partial charge is 0.407 e. The minimum atomic E-state index is -0.822. The number of carbonyl (C=O) groups excluding carboxylic acids is 1. The van der Waals surface area contributed by atoms with Crippen molar-refractivity contribution >= 4 is 28.9 Å². The van der Waals surface area contributed by atoms with Gasteiger partial charge >= 0.3 is 6.09 Å². The molecular formula is C27H29N3O5. The highest BCUT2D eigenvalue weighted by atomic mass is 16.5. The van der Waals surface area contributed by atoms with Crippen LogP contribution in [0.1, 0.15) is 53.7 Å². The van der Waals surface area contributed by atoms with E-state index in [-0.39, 0.29) is 11.5 Å². The number of nitrogens with one attached hydrogen (secondary N) is 1. The number of aromatic nitrogens is 2. The van der Waals surface area contributed by atoms with Crippen LogP contribution in [0.15, 0.2) is 42.2 Å². The maximum atomic E-state index is 13.1. The van der Waals surface area contributed by atoms with Crippen molar-refractivity contribution in [1.82, 2.24) is 15.1 Å². The Kier molecular flexibility index (Phi) is 6.44. The Labute approximate surface area is 203 Å². The number of ether oxygens (including phenoxy) is 2. The van der Waals surface area contributed by atoms with Crippen LogP contribution in [0, 0.1) is 5.92 Å². The molecule has 1 fully saturated rings. The van der Waals surface area contributed by atoms with Crippen molar-refractivity contribution in [2.45, 2.75) is 38.5 Å². The largest absolute Gasteiger partial charge is 0.496 e. The number of ketones is 1. The number of benzene rings is 2. The number of allylic oxidation sites excluding steroid dienone is 1. The average Bonchev–Trinajstić information content (AvgIpc) is 3.43. The molecule has 2 aliphatic heterocycles. The van der Waals surface area contributed by atoms with Crippen molar-refractivity contribution < 1.29 is 24.2 Å². The quantitative estimate of drug-likeness (QED) is 0.355. The van der Waals surface area contributed by atoms with Gasteiger partial charge in [-0.2, -0.15) is 5.10 Å². The molecule has 0 saturated carbocycles. The van der Waals surface area contributed by atoms with E-state index in [1.165, 1.54) is 4.90 Å². The van der Waals surface area contributed by atoms with E-state index in [0.717, 1.165) is 60.7 Å². The summed E-state index contributed by atoms with van der Waals surface area (Å²) in [6.07, 6.45) is 6.49. The van der Waals surface area contributed by atoms with Crippen molar-refractivity contribution in [3.05, 3.63) is 59.0 Å². The monoisotopic (exact) mass is 475 g/mol. The molecule has 2 aromatic carbocycles. The first kappa shape index (κ1) is 23.0. The highest BCUT2D eigenvalue weighted by Crippen LogP contribution is 2.41. The molecule has 3 aromatic rings. The van der Waals surface area contributed by atoms with Gasteiger partial charge in [-0.05, 0) is 49.8 Å². The van der Waals surface area contributed by atoms with Crippen molar-refractivity contribution in [2.75, 3.05) is 20.2 Å². The van der Waals surface area contributed by atoms with E-state index in [2.05, 4.69) is 10.2 Å². The summed E-state index contributed by atoms with van der Waals surface area (Å²) < 4.78 is 11.7. The number of aromatic amines is 1. The van der Waals surface area contributed by atoms with Crippen LogP contribution in [0.25, 0.3) is 17.0 Å². The number of amides is 1. The zero-order chi connectivity index (χ0) is 24.4. The van der Waals surface area contributed by atoms with Crippen molar-refractivity contribution in [2.24, 2.45) is 5.92 Å². The van der Waals surface area contributed by atoms with Crippen molar-refractivity contribution in [1.29, 1.82) is 0 Å². The van der Waals surface area contributed by atoms with Crippen LogP contribution in [0.5, 0.6) is 11.5 Å². The molecule has 3 heterocycles. The number of H-pyrrole nitrogens is 1. The third-order valence-electron chi connectivity index (χ3n) is 7.06. The van der Waals surface area contributed by atoms with E-state index in [1.807, 2.05) is 30.3 Å². The standard InChI is InChI=1S/C27H29N3O5/c1-34-23-11-10-20-25(31)24(16-22-18-7-4-5-9-21(18)28-29-22)35-26(20)19(23)8-3-2-6-17-12-14-30(15-13-17)27(32)33/h4-5,7,9-11,16-17H,2-3,6,8,12-15H2,1H3,(H,28,29)(H,32,33)/b24-16-. The number of unbranched alkanes of at least 4 members (excludes halogenated alkanes) is 1. The molecule has 5 rings (SSSR count). The molecule has 0 bridgehead atoms. The first-order valence-corrected chi connectivity index (χ1v) is 12.1. The van der Waals surface area contributed by atoms with Gasteiger partial charge < -0.3 is 19.5 Å². The highest BCUT2D eigenvalue weighted by molar-refractivity contribution is 6.15. The van der Waals surface area contributed by atoms with Crippen molar-refractivity contribution in [3.63, 3.8) is 0 Å². The summed E-state index contributed by atoms with van der Waals surface area (Å²) in [5.74, 6) is 1.97. The van der Waals surface area contributed by atoms with Crippen LogP contribution < -0.4 is 9.47 Å². The van der Waals surface area contributed by atoms with Gasteiger partial charge in [0.05, 0.1) is 23.9 Å². The topological polar surface area (TPSA) is 105 Å². The van der Waals surface area contributed by atoms with Gasteiger partial charge in [-0.15, -0.1) is 0 Å². The highest BCUT2D eigenvalue weighted by Gasteiger charge is 2.31. The molecule has 0 atom stereocenters. The molecule has 0 radical (unpaired) electrons. The fourth-order valence-corrected chi connectivity index (χ4v) is 5.08. The van der Waals surface area contributed by atoms with Crippen LogP contribution in [0.2, 0.25) is 0 Å². The zero-order valence-corrected chi connectivity index (χ0v) is 19.8. The number of para-hydroxylation sites is 1. The second kappa shape index (κ2) is 9.82. The Morgan fingerprint density at radius 3 is 2.80 bits per heavy atom. The van der Waals surface area contributed by atoms with Gasteiger partial charge in [0.2, 0.25) is 5.78 Å². The minimum Gasteiger partial charge on any atom is -0.496 e. The number of methoxy groups -OCH3 is 1. The molecule has 182 valence electrons. The van der Waals surface area contributed by atoms with Gasteiger partial charge in [0.15, 0.2) is 5.76 Å². The number of Topliss-reactive ketones (excluding diaryl/α,β-unsaturated/α-hetero) is 1. The number of piperidine rings is 1. The molecule has 0 unspecified atom stereocenters. The SMILES string of the molecule is COc1ccc2c(c1CCCCC1CCN(C(=O)O)CC1)O/C(=C\c1n[nH]c3ccccc13)C2=O. The molecule has 35 heavy (non-hydrogen) atoms. The number of rotatable bonds is 7. The maximum Gasteiger partial charge on any atom is 0.407 e. The predicted octanol–water partition coefficient (Wildman–Crippen LogP) is 5.29. The molecule has 8 nitrogen and oxygen atoms in total. The van der Waals surface area contributed by atoms with Crippen molar-refractivity contribution in [3.8, 4) is 11.5 Å². The van der Waals surface area contributed by atoms with E-state index in [9.17, 15) is 9.59 Å². The third-order valence-corrected chi connectivity index (χ3v) is 7.06. The lowest BCUT2D eigenvalue weighted by Gasteiger charge is -2.29. The molecule has 1 aromatic heterocycles. The summed E-state index contributed by atoms with van der Waals surface area (Å²) in [4.78, 5) is 25.7. The average molecular weight is 476 g/mol. The number of hydrogen-bond donors (Lipinski definition) is 2. The van der Waals surface area contributed by atoms with Gasteiger partial charge in [-0.3, -0.25) is 9.89 Å². The Morgan fingerprint density at radius 2 is 2.03 bits per heavy atom. The molecule has 0 aliphatic carbocycles. The fraction of sp³-hybridized carbons (Fsp3) is 0.370. The Hall–Kier alpha value is -3.81. The Morgan fingerprint density at radius 1 is 1.23 bits per heavy atom. The first-order valence-electron chi connectivity index (χ1n) is 12.1. The van der Waals surface area contributed by atoms with E-state index < -0.39 is 6.09 Å². The number of carbonyl (C=O) groups is 2.